The van der Waals surface area contributed by atoms with Crippen LogP contribution in [-0.4, -0.2) is 42.0 Å². The van der Waals surface area contributed by atoms with E-state index in [-0.39, 0.29) is 5.97 Å². The van der Waals surface area contributed by atoms with E-state index in [0.717, 1.165) is 26.1 Å². The minimum atomic E-state index is -4.89. The van der Waals surface area contributed by atoms with E-state index >= 15 is 0 Å². The highest BCUT2D eigenvalue weighted by molar-refractivity contribution is 7.43. The van der Waals surface area contributed by atoms with Crippen molar-refractivity contribution in [3.05, 3.63) is 29.8 Å². The number of rotatable bonds is 7. The van der Waals surface area contributed by atoms with E-state index in [2.05, 4.69) is 13.8 Å². The quantitative estimate of drug-likeness (QED) is 0.219. The van der Waals surface area contributed by atoms with Crippen molar-refractivity contribution >= 4 is 19.5 Å². The molecule has 0 unspecified atom stereocenters. The minimum absolute atomic E-state index is 0.274. The van der Waals surface area contributed by atoms with Crippen molar-refractivity contribution < 1.29 is 33.7 Å². The van der Waals surface area contributed by atoms with Crippen LogP contribution >= 0.6 is 7.82 Å². The van der Waals surface area contributed by atoms with Crippen molar-refractivity contribution in [1.82, 2.24) is 0 Å². The lowest BCUT2D eigenvalue weighted by molar-refractivity contribution is -0.896. The van der Waals surface area contributed by atoms with Crippen LogP contribution < -0.4 is 15.5 Å². The molecule has 0 saturated carbocycles. The van der Waals surface area contributed by atoms with Crippen LogP contribution in [0, 0.1) is 0 Å². The average Bonchev–Trinajstić information content (AvgIpc) is 2.46. The van der Waals surface area contributed by atoms with Crippen molar-refractivity contribution in [3.63, 3.8) is 0 Å². The number of ether oxygens (including phenoxy) is 1. The lowest BCUT2D eigenvalue weighted by atomic mass is 10.2. The van der Waals surface area contributed by atoms with Crippen LogP contribution in [0.3, 0.4) is 0 Å². The molecule has 0 bridgehead atoms. The number of phosphoric acid groups is 1. The molecule has 1 aromatic rings. The number of hydrogen-bond donors (Lipinski definition) is 4. The summed E-state index contributed by atoms with van der Waals surface area (Å²) in [5.41, 5.74) is 6.76. The Morgan fingerprint density at radius 1 is 1.26 bits per heavy atom. The summed E-state index contributed by atoms with van der Waals surface area (Å²) < 4.78 is 14.0. The molecule has 0 radical (unpaired) electrons. The summed E-state index contributed by atoms with van der Waals surface area (Å²) in [4.78, 5) is 36.1. The summed E-state index contributed by atoms with van der Waals surface area (Å²) in [5, 5.41) is 0. The minimum Gasteiger partial charge on any atom is -0.756 e. The SMILES string of the molecule is CC[NH+](CC)CCCOC(=O)c1ccc(N)cc1.O=P([O-])(O)O. The smallest absolute Gasteiger partial charge is 0.338 e. The Morgan fingerprint density at radius 3 is 2.17 bits per heavy atom. The number of hydrogen-bond acceptors (Lipinski definition) is 5. The predicted molar refractivity (Wildman–Crippen MR) is 84.7 cm³/mol. The number of carbonyl (C=O) groups is 1. The fraction of sp³-hybridized carbons (Fsp3) is 0.500. The molecule has 8 nitrogen and oxygen atoms in total. The Bertz CT molecular complexity index is 490. The third-order valence-corrected chi connectivity index (χ3v) is 3.05. The van der Waals surface area contributed by atoms with Gasteiger partial charge in [0.25, 0.3) is 7.82 Å². The van der Waals surface area contributed by atoms with Gasteiger partial charge in [-0.05, 0) is 38.1 Å². The first kappa shape index (κ1) is 21.6. The summed E-state index contributed by atoms with van der Waals surface area (Å²) in [6, 6.07) is 6.79. The van der Waals surface area contributed by atoms with E-state index in [9.17, 15) is 4.79 Å². The van der Waals surface area contributed by atoms with E-state index < -0.39 is 7.82 Å². The zero-order valence-electron chi connectivity index (χ0n) is 13.4. The third-order valence-electron chi connectivity index (χ3n) is 3.05. The number of esters is 1. The lowest BCUT2D eigenvalue weighted by Crippen LogP contribution is -3.11. The number of benzene rings is 1. The summed E-state index contributed by atoms with van der Waals surface area (Å²) in [7, 11) is -4.89. The number of anilines is 1. The van der Waals surface area contributed by atoms with E-state index in [1.54, 1.807) is 24.3 Å². The molecule has 0 atom stereocenters. The zero-order valence-corrected chi connectivity index (χ0v) is 14.3. The van der Waals surface area contributed by atoms with Crippen LogP contribution in [0.15, 0.2) is 24.3 Å². The molecule has 132 valence electrons. The van der Waals surface area contributed by atoms with Gasteiger partial charge < -0.3 is 30.1 Å². The maximum atomic E-state index is 11.7. The Kier molecular flexibility index (Phi) is 10.5. The van der Waals surface area contributed by atoms with Crippen molar-refractivity contribution in [2.24, 2.45) is 0 Å². The number of nitrogens with one attached hydrogen (secondary N) is 1. The van der Waals surface area contributed by atoms with Gasteiger partial charge in [-0.3, -0.25) is 4.57 Å². The number of nitrogen functional groups attached to an aromatic ring is 1. The zero-order chi connectivity index (χ0) is 17.9. The molecule has 23 heavy (non-hydrogen) atoms. The molecule has 9 heteroatoms. The van der Waals surface area contributed by atoms with E-state index in [1.807, 2.05) is 0 Å². The van der Waals surface area contributed by atoms with Gasteiger partial charge in [0.1, 0.15) is 0 Å². The van der Waals surface area contributed by atoms with Crippen LogP contribution in [0.25, 0.3) is 0 Å². The van der Waals surface area contributed by atoms with Gasteiger partial charge in [-0.2, -0.15) is 0 Å². The second-order valence-corrected chi connectivity index (χ2v) is 5.79. The molecule has 0 aliphatic rings. The van der Waals surface area contributed by atoms with Gasteiger partial charge in [-0.25, -0.2) is 4.79 Å². The fourth-order valence-electron chi connectivity index (χ4n) is 1.79. The molecule has 0 spiro atoms. The third kappa shape index (κ3) is 12.8. The Hall–Kier alpha value is -1.44. The molecule has 0 amide bonds. The van der Waals surface area contributed by atoms with Crippen molar-refractivity contribution in [2.45, 2.75) is 20.3 Å². The first-order chi connectivity index (χ1) is 10.7. The summed E-state index contributed by atoms with van der Waals surface area (Å²) >= 11 is 0. The first-order valence-electron chi connectivity index (χ1n) is 7.30. The van der Waals surface area contributed by atoms with Crippen LogP contribution in [0.4, 0.5) is 5.69 Å². The van der Waals surface area contributed by atoms with Crippen LogP contribution in [0.2, 0.25) is 0 Å². The molecule has 0 heterocycles. The topological polar surface area (TPSA) is 137 Å². The maximum absolute atomic E-state index is 11.7. The highest BCUT2D eigenvalue weighted by Gasteiger charge is 2.07. The second kappa shape index (κ2) is 11.2. The molecule has 0 aromatic heterocycles. The Balaban J connectivity index is 0.000000841. The van der Waals surface area contributed by atoms with Crippen LogP contribution in [-0.2, 0) is 9.30 Å². The van der Waals surface area contributed by atoms with Crippen LogP contribution in [0.1, 0.15) is 30.6 Å². The van der Waals surface area contributed by atoms with Crippen molar-refractivity contribution in [2.75, 3.05) is 32.0 Å². The second-order valence-electron chi connectivity index (χ2n) is 4.81. The van der Waals surface area contributed by atoms with Gasteiger partial charge >= 0.3 is 5.97 Å². The van der Waals surface area contributed by atoms with Gasteiger partial charge in [-0.15, -0.1) is 0 Å². The maximum Gasteiger partial charge on any atom is 0.338 e. The normalized spacial score (nSPS) is 10.9. The standard InChI is InChI=1S/C14H22N2O2.H3O4P/c1-3-16(4-2)10-5-11-18-14(17)12-6-8-13(15)9-7-12;1-5(2,3)4/h6-9H,3-5,10-11,15H2,1-2H3;(H3,1,2,3,4). The summed E-state index contributed by atoms with van der Waals surface area (Å²) in [6.07, 6.45) is 0.901. The van der Waals surface area contributed by atoms with Crippen molar-refractivity contribution in [1.29, 1.82) is 0 Å². The number of quaternary nitrogens is 1. The highest BCUT2D eigenvalue weighted by Crippen LogP contribution is 2.18. The van der Waals surface area contributed by atoms with Gasteiger partial charge in [0, 0.05) is 12.1 Å². The van der Waals surface area contributed by atoms with E-state index in [0.29, 0.717) is 17.9 Å². The van der Waals surface area contributed by atoms with Crippen molar-refractivity contribution in [3.8, 4) is 0 Å². The van der Waals surface area contributed by atoms with E-state index in [1.165, 1.54) is 4.90 Å². The molecule has 5 N–H and O–H groups in total. The predicted octanol–water partition coefficient (Wildman–Crippen LogP) is -0.820. The summed E-state index contributed by atoms with van der Waals surface area (Å²) in [6.45, 7) is 8.08. The Morgan fingerprint density at radius 2 is 1.74 bits per heavy atom. The van der Waals surface area contributed by atoms with E-state index in [4.69, 9.17) is 29.7 Å². The Labute approximate surface area is 136 Å². The average molecular weight is 348 g/mol. The summed E-state index contributed by atoms with van der Waals surface area (Å²) in [5.74, 6) is -0.274. The van der Waals surface area contributed by atoms with Crippen LogP contribution in [0.5, 0.6) is 0 Å². The molecule has 1 aromatic carbocycles. The molecule has 0 saturated heterocycles. The molecular formula is C14H25N2O6P. The van der Waals surface area contributed by atoms with Gasteiger partial charge in [0.2, 0.25) is 0 Å². The van der Waals surface area contributed by atoms with Gasteiger partial charge in [0.15, 0.2) is 0 Å². The highest BCUT2D eigenvalue weighted by atomic mass is 31.2. The largest absolute Gasteiger partial charge is 0.756 e. The molecule has 0 aliphatic heterocycles. The molecule has 0 aliphatic carbocycles. The molecular weight excluding hydrogens is 323 g/mol. The van der Waals surface area contributed by atoms with Gasteiger partial charge in [0.05, 0.1) is 31.8 Å². The van der Waals surface area contributed by atoms with Gasteiger partial charge in [-0.1, -0.05) is 0 Å². The fourth-order valence-corrected chi connectivity index (χ4v) is 1.79. The molecule has 1 rings (SSSR count). The number of nitrogens with two attached hydrogens (primary N) is 1. The lowest BCUT2D eigenvalue weighted by Gasteiger charge is -2.14. The molecule has 0 fully saturated rings. The monoisotopic (exact) mass is 348 g/mol. The number of carbonyl (C=O) groups excluding carboxylic acids is 1. The first-order valence-corrected chi connectivity index (χ1v) is 8.83.